The normalized spacial score (nSPS) is 11.0. The Labute approximate surface area is 172 Å². The molecule has 2 aromatic carbocycles. The zero-order valence-corrected chi connectivity index (χ0v) is 16.7. The van der Waals surface area contributed by atoms with E-state index in [9.17, 15) is 20.2 Å². The van der Waals surface area contributed by atoms with Gasteiger partial charge in [-0.2, -0.15) is 10.2 Å². The fourth-order valence-electron chi connectivity index (χ4n) is 2.96. The van der Waals surface area contributed by atoms with Gasteiger partial charge in [-0.15, -0.1) is 0 Å². The monoisotopic (exact) mass is 408 g/mol. The van der Waals surface area contributed by atoms with E-state index in [2.05, 4.69) is 27.8 Å². The molecular formula is C20H20N6O4. The quantitative estimate of drug-likeness (QED) is 0.356. The van der Waals surface area contributed by atoms with Crippen LogP contribution in [0.3, 0.4) is 0 Å². The van der Waals surface area contributed by atoms with Gasteiger partial charge >= 0.3 is 5.69 Å². The Morgan fingerprint density at radius 3 is 2.40 bits per heavy atom. The lowest BCUT2D eigenvalue weighted by atomic mass is 10.1. The molecule has 0 amide bonds. The second-order valence-corrected chi connectivity index (χ2v) is 6.81. The molecule has 10 nitrogen and oxygen atoms in total. The lowest BCUT2D eigenvalue weighted by Crippen LogP contribution is -2.04. The van der Waals surface area contributed by atoms with E-state index >= 15 is 0 Å². The van der Waals surface area contributed by atoms with Gasteiger partial charge in [-0.3, -0.25) is 30.3 Å². The van der Waals surface area contributed by atoms with E-state index in [4.69, 9.17) is 0 Å². The lowest BCUT2D eigenvalue weighted by molar-refractivity contribution is -0.393. The van der Waals surface area contributed by atoms with Crippen molar-refractivity contribution in [3.05, 3.63) is 90.8 Å². The number of anilines is 1. The van der Waals surface area contributed by atoms with Crippen LogP contribution in [0.4, 0.5) is 17.1 Å². The summed E-state index contributed by atoms with van der Waals surface area (Å²) in [6.45, 7) is 6.42. The predicted molar refractivity (Wildman–Crippen MR) is 113 cm³/mol. The Hall–Kier alpha value is -4.08. The third-order valence-corrected chi connectivity index (χ3v) is 4.66. The van der Waals surface area contributed by atoms with E-state index in [1.54, 1.807) is 0 Å². The molecule has 0 bridgehead atoms. The van der Waals surface area contributed by atoms with Crippen molar-refractivity contribution < 1.29 is 9.85 Å². The highest BCUT2D eigenvalue weighted by atomic mass is 16.6. The molecule has 0 fully saturated rings. The second-order valence-electron chi connectivity index (χ2n) is 6.81. The standard InChI is InChI=1S/C20H20N6O4/c1-13-4-6-16(7-5-13)12-24-15(3)18(14(2)23-24)11-21-22-19-9-8-17(25(27)28)10-20(19)26(29)30/h4-11,22H,12H2,1-3H3/b21-11+. The van der Waals surface area contributed by atoms with E-state index in [1.807, 2.05) is 37.6 Å². The molecular weight excluding hydrogens is 388 g/mol. The number of rotatable bonds is 7. The number of nitrogens with one attached hydrogen (secondary N) is 1. The van der Waals surface area contributed by atoms with Gasteiger partial charge in [0.15, 0.2) is 0 Å². The first-order valence-electron chi connectivity index (χ1n) is 9.07. The molecule has 0 atom stereocenters. The lowest BCUT2D eigenvalue weighted by Gasteiger charge is -2.05. The molecule has 0 spiro atoms. The topological polar surface area (TPSA) is 128 Å². The Morgan fingerprint density at radius 2 is 1.77 bits per heavy atom. The maximum atomic E-state index is 11.2. The molecule has 0 aliphatic heterocycles. The third kappa shape index (κ3) is 4.49. The number of hydrogen-bond acceptors (Lipinski definition) is 7. The van der Waals surface area contributed by atoms with Gasteiger partial charge in [0.05, 0.1) is 34.4 Å². The summed E-state index contributed by atoms with van der Waals surface area (Å²) in [4.78, 5) is 20.7. The highest BCUT2D eigenvalue weighted by Crippen LogP contribution is 2.28. The van der Waals surface area contributed by atoms with Crippen LogP contribution < -0.4 is 5.43 Å². The summed E-state index contributed by atoms with van der Waals surface area (Å²) in [5.41, 5.74) is 6.63. The number of nitrogens with zero attached hydrogens (tertiary/aromatic N) is 5. The largest absolute Gasteiger partial charge is 0.301 e. The van der Waals surface area contributed by atoms with Crippen LogP contribution in [-0.2, 0) is 6.54 Å². The summed E-state index contributed by atoms with van der Waals surface area (Å²) < 4.78 is 1.87. The van der Waals surface area contributed by atoms with Crippen molar-refractivity contribution in [3.63, 3.8) is 0 Å². The van der Waals surface area contributed by atoms with Gasteiger partial charge in [-0.1, -0.05) is 29.8 Å². The number of hydrogen-bond donors (Lipinski definition) is 1. The summed E-state index contributed by atoms with van der Waals surface area (Å²) in [6, 6.07) is 11.5. The summed E-state index contributed by atoms with van der Waals surface area (Å²) in [5.74, 6) is 0. The van der Waals surface area contributed by atoms with Gasteiger partial charge < -0.3 is 0 Å². The third-order valence-electron chi connectivity index (χ3n) is 4.66. The first-order valence-corrected chi connectivity index (χ1v) is 9.07. The summed E-state index contributed by atoms with van der Waals surface area (Å²) in [7, 11) is 0. The van der Waals surface area contributed by atoms with Crippen LogP contribution in [0.25, 0.3) is 0 Å². The average Bonchev–Trinajstić information content (AvgIpc) is 2.97. The van der Waals surface area contributed by atoms with Gasteiger partial charge in [0.1, 0.15) is 5.69 Å². The van der Waals surface area contributed by atoms with Crippen molar-refractivity contribution in [1.82, 2.24) is 9.78 Å². The highest BCUT2D eigenvalue weighted by Gasteiger charge is 2.19. The first-order chi connectivity index (χ1) is 14.3. The van der Waals surface area contributed by atoms with Crippen LogP contribution in [0.2, 0.25) is 0 Å². The Bertz CT molecular complexity index is 1130. The van der Waals surface area contributed by atoms with E-state index in [0.717, 1.165) is 28.6 Å². The Balaban J connectivity index is 1.80. The number of benzene rings is 2. The van der Waals surface area contributed by atoms with Crippen LogP contribution in [0.15, 0.2) is 47.6 Å². The maximum absolute atomic E-state index is 11.2. The number of non-ortho nitro benzene ring substituents is 1. The Morgan fingerprint density at radius 1 is 1.07 bits per heavy atom. The molecule has 0 aliphatic rings. The SMILES string of the molecule is Cc1ccc(Cn2nc(C)c(/C=N/Nc3ccc([N+](=O)[O-])cc3[N+](=O)[O-])c2C)cc1. The van der Waals surface area contributed by atoms with Crippen LogP contribution >= 0.6 is 0 Å². The molecule has 1 aromatic heterocycles. The molecule has 0 saturated carbocycles. The molecule has 3 rings (SSSR count). The van der Waals surface area contributed by atoms with Crippen molar-refractivity contribution in [1.29, 1.82) is 0 Å². The number of hydrazone groups is 1. The molecule has 3 aromatic rings. The minimum absolute atomic E-state index is 0.0594. The average molecular weight is 408 g/mol. The number of nitro groups is 2. The summed E-state index contributed by atoms with van der Waals surface area (Å²) >= 11 is 0. The second kappa shape index (κ2) is 8.52. The molecule has 0 unspecified atom stereocenters. The van der Waals surface area contributed by atoms with E-state index in [1.165, 1.54) is 23.9 Å². The minimum atomic E-state index is -0.693. The molecule has 0 aliphatic carbocycles. The molecule has 0 radical (unpaired) electrons. The zero-order chi connectivity index (χ0) is 21.8. The molecule has 0 saturated heterocycles. The van der Waals surface area contributed by atoms with E-state index < -0.39 is 15.5 Å². The minimum Gasteiger partial charge on any atom is -0.272 e. The molecule has 10 heteroatoms. The van der Waals surface area contributed by atoms with Gasteiger partial charge in [-0.25, -0.2) is 0 Å². The molecule has 154 valence electrons. The molecule has 1 heterocycles. The number of nitro benzene ring substituents is 2. The summed E-state index contributed by atoms with van der Waals surface area (Å²) in [5, 5.41) is 30.7. The van der Waals surface area contributed by atoms with Crippen LogP contribution in [0.5, 0.6) is 0 Å². The Kier molecular flexibility index (Phi) is 5.86. The van der Waals surface area contributed by atoms with Crippen molar-refractivity contribution in [2.24, 2.45) is 5.10 Å². The van der Waals surface area contributed by atoms with Gasteiger partial charge in [0, 0.05) is 17.3 Å². The highest BCUT2D eigenvalue weighted by molar-refractivity contribution is 5.83. The first kappa shape index (κ1) is 20.6. The zero-order valence-electron chi connectivity index (χ0n) is 16.7. The van der Waals surface area contributed by atoms with Crippen LogP contribution in [0.1, 0.15) is 28.1 Å². The van der Waals surface area contributed by atoms with Gasteiger partial charge in [0.2, 0.25) is 0 Å². The van der Waals surface area contributed by atoms with Crippen molar-refractivity contribution in [2.75, 3.05) is 5.43 Å². The van der Waals surface area contributed by atoms with Crippen LogP contribution in [-0.4, -0.2) is 25.8 Å². The predicted octanol–water partition coefficient (Wildman–Crippen LogP) is 4.12. The fraction of sp³-hybridized carbons (Fsp3) is 0.200. The number of aromatic nitrogens is 2. The fourth-order valence-corrected chi connectivity index (χ4v) is 2.96. The van der Waals surface area contributed by atoms with Gasteiger partial charge in [-0.05, 0) is 32.4 Å². The van der Waals surface area contributed by atoms with Crippen LogP contribution in [0, 0.1) is 41.0 Å². The van der Waals surface area contributed by atoms with Crippen molar-refractivity contribution in [2.45, 2.75) is 27.3 Å². The van der Waals surface area contributed by atoms with Gasteiger partial charge in [0.25, 0.3) is 5.69 Å². The van der Waals surface area contributed by atoms with E-state index in [-0.39, 0.29) is 11.4 Å². The smallest absolute Gasteiger partial charge is 0.272 e. The number of aryl methyl sites for hydroxylation is 2. The maximum Gasteiger partial charge on any atom is 0.301 e. The molecule has 1 N–H and O–H groups in total. The van der Waals surface area contributed by atoms with Crippen molar-refractivity contribution >= 4 is 23.3 Å². The summed E-state index contributed by atoms with van der Waals surface area (Å²) in [6.07, 6.45) is 1.54. The van der Waals surface area contributed by atoms with Crippen molar-refractivity contribution in [3.8, 4) is 0 Å². The van der Waals surface area contributed by atoms with E-state index in [0.29, 0.717) is 6.54 Å². The molecule has 30 heavy (non-hydrogen) atoms.